The van der Waals surface area contributed by atoms with Crippen LogP contribution < -0.4 is 5.32 Å². The van der Waals surface area contributed by atoms with Crippen molar-refractivity contribution >= 4 is 5.91 Å². The number of nitrogens with one attached hydrogen (secondary N) is 1. The van der Waals surface area contributed by atoms with Crippen molar-refractivity contribution in [1.82, 2.24) is 15.2 Å². The van der Waals surface area contributed by atoms with Gasteiger partial charge in [-0.2, -0.15) is 0 Å². The molecule has 4 nitrogen and oxygen atoms in total. The molecule has 1 N–H and O–H groups in total. The Kier molecular flexibility index (Phi) is 4.09. The first-order chi connectivity index (χ1) is 8.29. The third kappa shape index (κ3) is 3.03. The number of carbonyl (C=O) groups is 1. The van der Waals surface area contributed by atoms with E-state index >= 15 is 0 Å². The first-order valence-corrected chi connectivity index (χ1v) is 6.18. The molecule has 1 saturated heterocycles. The van der Waals surface area contributed by atoms with Crippen LogP contribution in [-0.4, -0.2) is 42.0 Å². The van der Waals surface area contributed by atoms with Crippen LogP contribution in [0.5, 0.6) is 0 Å². The summed E-state index contributed by atoms with van der Waals surface area (Å²) in [5.74, 6) is 0.0255. The molecule has 0 aromatic carbocycles. The van der Waals surface area contributed by atoms with Crippen LogP contribution in [0.3, 0.4) is 0 Å². The van der Waals surface area contributed by atoms with E-state index < -0.39 is 0 Å². The minimum atomic E-state index is 0.0255. The van der Waals surface area contributed by atoms with E-state index in [1.807, 2.05) is 24.1 Å². The van der Waals surface area contributed by atoms with Gasteiger partial charge in [0, 0.05) is 19.3 Å². The fourth-order valence-electron chi connectivity index (χ4n) is 2.22. The predicted octanol–water partition coefficient (Wildman–Crippen LogP) is 1.30. The topological polar surface area (TPSA) is 45.2 Å². The molecule has 1 amide bonds. The van der Waals surface area contributed by atoms with Crippen LogP contribution in [0.15, 0.2) is 24.4 Å². The second-order valence-corrected chi connectivity index (χ2v) is 4.47. The van der Waals surface area contributed by atoms with Crippen molar-refractivity contribution in [3.63, 3.8) is 0 Å². The van der Waals surface area contributed by atoms with E-state index in [9.17, 15) is 4.79 Å². The summed E-state index contributed by atoms with van der Waals surface area (Å²) in [6.45, 7) is 2.05. The third-order valence-electron chi connectivity index (χ3n) is 3.30. The monoisotopic (exact) mass is 233 g/mol. The second kappa shape index (κ2) is 5.77. The number of hydrogen-bond acceptors (Lipinski definition) is 3. The van der Waals surface area contributed by atoms with E-state index in [0.29, 0.717) is 11.7 Å². The van der Waals surface area contributed by atoms with Crippen LogP contribution in [0.2, 0.25) is 0 Å². The summed E-state index contributed by atoms with van der Waals surface area (Å²) in [6.07, 6.45) is 4.89. The molecule has 1 aromatic heterocycles. The standard InChI is InChI=1S/C13H19N3O/c1-16(11-5-4-8-14-10-7-11)13(17)12-6-2-3-9-15-12/h2-3,6,9,11,14H,4-5,7-8,10H2,1H3. The van der Waals surface area contributed by atoms with Gasteiger partial charge in [-0.05, 0) is 44.5 Å². The molecule has 2 rings (SSSR count). The third-order valence-corrected chi connectivity index (χ3v) is 3.30. The van der Waals surface area contributed by atoms with Gasteiger partial charge in [0.25, 0.3) is 5.91 Å². The van der Waals surface area contributed by atoms with E-state index in [2.05, 4.69) is 10.3 Å². The zero-order valence-corrected chi connectivity index (χ0v) is 10.2. The molecule has 1 atom stereocenters. The number of hydrogen-bond donors (Lipinski definition) is 1. The van der Waals surface area contributed by atoms with Gasteiger partial charge in [-0.3, -0.25) is 9.78 Å². The molecule has 0 spiro atoms. The van der Waals surface area contributed by atoms with Gasteiger partial charge in [-0.15, -0.1) is 0 Å². The summed E-state index contributed by atoms with van der Waals surface area (Å²) in [5, 5.41) is 3.36. The lowest BCUT2D eigenvalue weighted by atomic mass is 10.1. The summed E-state index contributed by atoms with van der Waals surface area (Å²) in [6, 6.07) is 5.78. The van der Waals surface area contributed by atoms with Crippen LogP contribution >= 0.6 is 0 Å². The number of amides is 1. The zero-order chi connectivity index (χ0) is 12.1. The van der Waals surface area contributed by atoms with E-state index in [0.717, 1.165) is 32.4 Å². The number of nitrogens with zero attached hydrogens (tertiary/aromatic N) is 2. The maximum absolute atomic E-state index is 12.2. The van der Waals surface area contributed by atoms with Gasteiger partial charge < -0.3 is 10.2 Å². The molecule has 92 valence electrons. The normalized spacial score (nSPS) is 20.6. The van der Waals surface area contributed by atoms with Crippen molar-refractivity contribution in [2.24, 2.45) is 0 Å². The predicted molar refractivity (Wildman–Crippen MR) is 66.8 cm³/mol. The van der Waals surface area contributed by atoms with Crippen molar-refractivity contribution in [3.05, 3.63) is 30.1 Å². The van der Waals surface area contributed by atoms with Gasteiger partial charge in [0.05, 0.1) is 0 Å². The van der Waals surface area contributed by atoms with E-state index in [1.165, 1.54) is 0 Å². The van der Waals surface area contributed by atoms with Gasteiger partial charge in [0.2, 0.25) is 0 Å². The summed E-state index contributed by atoms with van der Waals surface area (Å²) >= 11 is 0. The lowest BCUT2D eigenvalue weighted by molar-refractivity contribution is 0.0714. The average molecular weight is 233 g/mol. The summed E-state index contributed by atoms with van der Waals surface area (Å²) < 4.78 is 0. The zero-order valence-electron chi connectivity index (χ0n) is 10.2. The maximum atomic E-state index is 12.2. The second-order valence-electron chi connectivity index (χ2n) is 4.47. The van der Waals surface area contributed by atoms with Gasteiger partial charge >= 0.3 is 0 Å². The fourth-order valence-corrected chi connectivity index (χ4v) is 2.22. The SMILES string of the molecule is CN(C(=O)c1ccccn1)C1CCCNCC1. The maximum Gasteiger partial charge on any atom is 0.272 e. The molecule has 17 heavy (non-hydrogen) atoms. The van der Waals surface area contributed by atoms with Crippen molar-refractivity contribution in [2.45, 2.75) is 25.3 Å². The fraction of sp³-hybridized carbons (Fsp3) is 0.538. The average Bonchev–Trinajstić information content (AvgIpc) is 2.67. The van der Waals surface area contributed by atoms with Gasteiger partial charge in [0.15, 0.2) is 0 Å². The van der Waals surface area contributed by atoms with Gasteiger partial charge in [-0.1, -0.05) is 6.07 Å². The molecular formula is C13H19N3O. The Morgan fingerprint density at radius 1 is 1.41 bits per heavy atom. The lowest BCUT2D eigenvalue weighted by Crippen LogP contribution is -2.37. The molecule has 1 fully saturated rings. The lowest BCUT2D eigenvalue weighted by Gasteiger charge is -2.26. The molecule has 0 radical (unpaired) electrons. The molecule has 0 saturated carbocycles. The van der Waals surface area contributed by atoms with E-state index in [-0.39, 0.29) is 5.91 Å². The Morgan fingerprint density at radius 2 is 2.29 bits per heavy atom. The quantitative estimate of drug-likeness (QED) is 0.837. The Labute approximate surface area is 102 Å². The van der Waals surface area contributed by atoms with Crippen LogP contribution in [0.4, 0.5) is 0 Å². The Bertz CT molecular complexity index is 358. The van der Waals surface area contributed by atoms with Crippen LogP contribution in [0, 0.1) is 0 Å². The van der Waals surface area contributed by atoms with Crippen molar-refractivity contribution < 1.29 is 4.79 Å². The number of aromatic nitrogens is 1. The summed E-state index contributed by atoms with van der Waals surface area (Å²) in [7, 11) is 1.88. The minimum absolute atomic E-state index is 0.0255. The highest BCUT2D eigenvalue weighted by molar-refractivity contribution is 5.92. The van der Waals surface area contributed by atoms with Crippen LogP contribution in [0.25, 0.3) is 0 Å². The molecule has 1 unspecified atom stereocenters. The van der Waals surface area contributed by atoms with Crippen molar-refractivity contribution in [3.8, 4) is 0 Å². The van der Waals surface area contributed by atoms with E-state index in [4.69, 9.17) is 0 Å². The first-order valence-electron chi connectivity index (χ1n) is 6.18. The van der Waals surface area contributed by atoms with E-state index in [1.54, 1.807) is 12.3 Å². The minimum Gasteiger partial charge on any atom is -0.337 e. The Balaban J connectivity index is 2.03. The highest BCUT2D eigenvalue weighted by Gasteiger charge is 2.22. The number of rotatable bonds is 2. The Hall–Kier alpha value is -1.42. The first kappa shape index (κ1) is 12.0. The highest BCUT2D eigenvalue weighted by atomic mass is 16.2. The number of pyridine rings is 1. The van der Waals surface area contributed by atoms with Gasteiger partial charge in [-0.25, -0.2) is 0 Å². The van der Waals surface area contributed by atoms with Crippen molar-refractivity contribution in [1.29, 1.82) is 0 Å². The molecule has 2 heterocycles. The van der Waals surface area contributed by atoms with Crippen molar-refractivity contribution in [2.75, 3.05) is 20.1 Å². The molecule has 1 aliphatic rings. The van der Waals surface area contributed by atoms with Crippen LogP contribution in [-0.2, 0) is 0 Å². The molecule has 0 aliphatic carbocycles. The Morgan fingerprint density at radius 3 is 3.06 bits per heavy atom. The molecule has 1 aromatic rings. The van der Waals surface area contributed by atoms with Crippen LogP contribution in [0.1, 0.15) is 29.8 Å². The summed E-state index contributed by atoms with van der Waals surface area (Å²) in [4.78, 5) is 18.2. The highest BCUT2D eigenvalue weighted by Crippen LogP contribution is 2.13. The summed E-state index contributed by atoms with van der Waals surface area (Å²) in [5.41, 5.74) is 0.534. The molecular weight excluding hydrogens is 214 g/mol. The molecule has 0 bridgehead atoms. The number of carbonyl (C=O) groups excluding carboxylic acids is 1. The van der Waals surface area contributed by atoms with Gasteiger partial charge in [0.1, 0.15) is 5.69 Å². The smallest absolute Gasteiger partial charge is 0.272 e. The largest absolute Gasteiger partial charge is 0.337 e. The molecule has 1 aliphatic heterocycles. The molecule has 4 heteroatoms.